The fourth-order valence-electron chi connectivity index (χ4n) is 1.10. The number of halogens is 1. The molecule has 1 saturated heterocycles. The fourth-order valence-corrected chi connectivity index (χ4v) is 1.10. The van der Waals surface area contributed by atoms with Crippen molar-refractivity contribution in [1.82, 2.24) is 4.90 Å². The van der Waals surface area contributed by atoms with E-state index >= 15 is 0 Å². The topological polar surface area (TPSA) is 23.5 Å². The fraction of sp³-hybridized carbons (Fsp3) is 1.00. The Morgan fingerprint density at radius 1 is 1.67 bits per heavy atom. The highest BCUT2D eigenvalue weighted by molar-refractivity contribution is 4.73. The number of nitrogens with zero attached hydrogens (tertiary/aromatic N) is 1. The van der Waals surface area contributed by atoms with E-state index < -0.39 is 12.4 Å². The molecule has 0 aromatic rings. The van der Waals surface area contributed by atoms with Crippen LogP contribution in [0.3, 0.4) is 0 Å². The van der Waals surface area contributed by atoms with Crippen LogP contribution < -0.4 is 0 Å². The molecule has 9 heavy (non-hydrogen) atoms. The Balaban J connectivity index is 2.41. The van der Waals surface area contributed by atoms with Gasteiger partial charge in [0.05, 0.1) is 6.10 Å². The van der Waals surface area contributed by atoms with Crippen molar-refractivity contribution in [3.05, 3.63) is 0 Å². The van der Waals surface area contributed by atoms with Gasteiger partial charge in [-0.3, -0.25) is 4.90 Å². The predicted molar refractivity (Wildman–Crippen MR) is 32.8 cm³/mol. The summed E-state index contributed by atoms with van der Waals surface area (Å²) >= 11 is 0. The first-order chi connectivity index (χ1) is 4.22. The standard InChI is InChI=1S/C6H12FNO/c1-8-4-2-3-5(9)6(8)7/h5-6,9H,2-4H2,1H3. The van der Waals surface area contributed by atoms with Crippen molar-refractivity contribution < 1.29 is 9.50 Å². The highest BCUT2D eigenvalue weighted by Crippen LogP contribution is 2.15. The summed E-state index contributed by atoms with van der Waals surface area (Å²) in [6, 6.07) is 0. The molecule has 0 radical (unpaired) electrons. The molecule has 1 heterocycles. The number of likely N-dealkylation sites (tertiary alicyclic amines) is 1. The van der Waals surface area contributed by atoms with Crippen LogP contribution in [-0.2, 0) is 0 Å². The third kappa shape index (κ3) is 1.40. The minimum atomic E-state index is -1.14. The monoisotopic (exact) mass is 133 g/mol. The Labute approximate surface area is 54.3 Å². The van der Waals surface area contributed by atoms with E-state index in [-0.39, 0.29) is 0 Å². The molecular formula is C6H12FNO. The number of hydrogen-bond donors (Lipinski definition) is 1. The van der Waals surface area contributed by atoms with Crippen molar-refractivity contribution >= 4 is 0 Å². The van der Waals surface area contributed by atoms with Crippen LogP contribution in [0.1, 0.15) is 12.8 Å². The lowest BCUT2D eigenvalue weighted by Gasteiger charge is -2.30. The zero-order chi connectivity index (χ0) is 6.85. The molecule has 1 aliphatic rings. The van der Waals surface area contributed by atoms with Crippen molar-refractivity contribution in [2.45, 2.75) is 25.2 Å². The van der Waals surface area contributed by atoms with E-state index in [9.17, 15) is 4.39 Å². The number of rotatable bonds is 0. The number of hydrogen-bond acceptors (Lipinski definition) is 2. The van der Waals surface area contributed by atoms with Gasteiger partial charge >= 0.3 is 0 Å². The first kappa shape index (κ1) is 6.96. The van der Waals surface area contributed by atoms with Crippen LogP contribution in [-0.4, -0.2) is 36.0 Å². The third-order valence-corrected chi connectivity index (χ3v) is 1.75. The van der Waals surface area contributed by atoms with Crippen molar-refractivity contribution in [1.29, 1.82) is 0 Å². The maximum Gasteiger partial charge on any atom is 0.179 e. The second kappa shape index (κ2) is 2.62. The van der Waals surface area contributed by atoms with Crippen LogP contribution in [0.5, 0.6) is 0 Å². The second-order valence-corrected chi connectivity index (χ2v) is 2.56. The maximum absolute atomic E-state index is 12.6. The molecule has 2 unspecified atom stereocenters. The number of alkyl halides is 1. The molecule has 1 rings (SSSR count). The highest BCUT2D eigenvalue weighted by atomic mass is 19.1. The van der Waals surface area contributed by atoms with Crippen LogP contribution in [0.4, 0.5) is 4.39 Å². The summed E-state index contributed by atoms with van der Waals surface area (Å²) in [5.41, 5.74) is 0. The van der Waals surface area contributed by atoms with Gasteiger partial charge in [-0.2, -0.15) is 0 Å². The molecule has 0 bridgehead atoms. The maximum atomic E-state index is 12.6. The zero-order valence-corrected chi connectivity index (χ0v) is 5.55. The SMILES string of the molecule is CN1CCCC(O)C1F. The summed E-state index contributed by atoms with van der Waals surface area (Å²) in [4.78, 5) is 1.54. The molecule has 0 aromatic heterocycles. The van der Waals surface area contributed by atoms with E-state index in [0.717, 1.165) is 13.0 Å². The molecule has 3 heteroatoms. The van der Waals surface area contributed by atoms with Crippen molar-refractivity contribution in [3.8, 4) is 0 Å². The molecule has 0 aliphatic carbocycles. The first-order valence-electron chi connectivity index (χ1n) is 3.24. The Hall–Kier alpha value is -0.150. The van der Waals surface area contributed by atoms with E-state index in [0.29, 0.717) is 6.42 Å². The molecule has 54 valence electrons. The Kier molecular flexibility index (Phi) is 2.03. The molecule has 0 aromatic carbocycles. The van der Waals surface area contributed by atoms with Gasteiger partial charge in [-0.05, 0) is 19.9 Å². The minimum absolute atomic E-state index is 0.603. The average Bonchev–Trinajstić information content (AvgIpc) is 1.83. The summed E-state index contributed by atoms with van der Waals surface area (Å²) in [7, 11) is 1.69. The number of aliphatic hydroxyl groups is 1. The number of aliphatic hydroxyl groups excluding tert-OH is 1. The molecule has 2 nitrogen and oxygen atoms in total. The van der Waals surface area contributed by atoms with Crippen LogP contribution in [0, 0.1) is 0 Å². The summed E-state index contributed by atoms with van der Waals surface area (Å²) in [5, 5.41) is 8.93. The molecule has 1 N–H and O–H groups in total. The van der Waals surface area contributed by atoms with Gasteiger partial charge in [-0.15, -0.1) is 0 Å². The number of piperidine rings is 1. The quantitative estimate of drug-likeness (QED) is 0.482. The summed E-state index contributed by atoms with van der Waals surface area (Å²) in [5.74, 6) is 0. The number of likely N-dealkylation sites (N-methyl/N-ethyl adjacent to an activating group) is 1. The van der Waals surface area contributed by atoms with Crippen LogP contribution in [0.25, 0.3) is 0 Å². The Bertz CT molecular complexity index is 89.1. The average molecular weight is 133 g/mol. The van der Waals surface area contributed by atoms with Crippen molar-refractivity contribution in [3.63, 3.8) is 0 Å². The van der Waals surface area contributed by atoms with Gasteiger partial charge < -0.3 is 5.11 Å². The lowest BCUT2D eigenvalue weighted by Crippen LogP contribution is -2.42. The van der Waals surface area contributed by atoms with E-state index in [1.54, 1.807) is 7.05 Å². The summed E-state index contributed by atoms with van der Waals surface area (Å²) in [6.07, 6.45) is -0.397. The molecule has 0 spiro atoms. The van der Waals surface area contributed by atoms with Crippen LogP contribution in [0.2, 0.25) is 0 Å². The zero-order valence-electron chi connectivity index (χ0n) is 5.55. The first-order valence-corrected chi connectivity index (χ1v) is 3.24. The molecule has 0 saturated carbocycles. The minimum Gasteiger partial charge on any atom is -0.389 e. The molecule has 1 fully saturated rings. The van der Waals surface area contributed by atoms with E-state index in [4.69, 9.17) is 5.11 Å². The second-order valence-electron chi connectivity index (χ2n) is 2.56. The van der Waals surface area contributed by atoms with E-state index in [1.165, 1.54) is 4.90 Å². The smallest absolute Gasteiger partial charge is 0.179 e. The van der Waals surface area contributed by atoms with Gasteiger partial charge in [0.2, 0.25) is 0 Å². The molecule has 1 aliphatic heterocycles. The van der Waals surface area contributed by atoms with Gasteiger partial charge in [-0.25, -0.2) is 4.39 Å². The Morgan fingerprint density at radius 2 is 2.33 bits per heavy atom. The van der Waals surface area contributed by atoms with Gasteiger partial charge in [0.25, 0.3) is 0 Å². The van der Waals surface area contributed by atoms with Crippen LogP contribution in [0.15, 0.2) is 0 Å². The lowest BCUT2D eigenvalue weighted by molar-refractivity contribution is -0.0453. The predicted octanol–water partition coefficient (Wildman–Crippen LogP) is 0.368. The summed E-state index contributed by atoms with van der Waals surface area (Å²) in [6.45, 7) is 0.762. The Morgan fingerprint density at radius 3 is 2.78 bits per heavy atom. The third-order valence-electron chi connectivity index (χ3n) is 1.75. The molecule has 2 atom stereocenters. The van der Waals surface area contributed by atoms with Gasteiger partial charge in [0.15, 0.2) is 6.30 Å². The van der Waals surface area contributed by atoms with Gasteiger partial charge in [0.1, 0.15) is 0 Å². The van der Waals surface area contributed by atoms with Gasteiger partial charge in [-0.1, -0.05) is 0 Å². The molecule has 0 amide bonds. The summed E-state index contributed by atoms with van der Waals surface area (Å²) < 4.78 is 12.6. The van der Waals surface area contributed by atoms with Crippen LogP contribution >= 0.6 is 0 Å². The van der Waals surface area contributed by atoms with Crippen molar-refractivity contribution in [2.75, 3.05) is 13.6 Å². The largest absolute Gasteiger partial charge is 0.389 e. The van der Waals surface area contributed by atoms with E-state index in [2.05, 4.69) is 0 Å². The lowest BCUT2D eigenvalue weighted by atomic mass is 10.1. The van der Waals surface area contributed by atoms with Gasteiger partial charge in [0, 0.05) is 6.54 Å². The molecular weight excluding hydrogens is 121 g/mol. The highest BCUT2D eigenvalue weighted by Gasteiger charge is 2.26. The normalized spacial score (nSPS) is 39.0. The van der Waals surface area contributed by atoms with E-state index in [1.807, 2.05) is 0 Å². The van der Waals surface area contributed by atoms with Crippen molar-refractivity contribution in [2.24, 2.45) is 0 Å².